The van der Waals surface area contributed by atoms with Crippen molar-refractivity contribution >= 4 is 27.5 Å². The van der Waals surface area contributed by atoms with Gasteiger partial charge in [-0.3, -0.25) is 9.69 Å². The van der Waals surface area contributed by atoms with Crippen LogP contribution in [0, 0.1) is 0 Å². The van der Waals surface area contributed by atoms with Gasteiger partial charge < -0.3 is 10.1 Å². The lowest BCUT2D eigenvalue weighted by molar-refractivity contribution is -0.126. The van der Waals surface area contributed by atoms with Gasteiger partial charge in [-0.1, -0.05) is 35.9 Å². The molecule has 9 heteroatoms. The maximum atomic E-state index is 12.9. The molecule has 168 valence electrons. The first kappa shape index (κ1) is 23.5. The minimum absolute atomic E-state index is 0.0593. The number of piperazine rings is 1. The third kappa shape index (κ3) is 5.77. The molecule has 1 saturated heterocycles. The summed E-state index contributed by atoms with van der Waals surface area (Å²) in [6, 6.07) is 13.9. The zero-order valence-electron chi connectivity index (χ0n) is 17.8. The quantitative estimate of drug-likeness (QED) is 0.647. The van der Waals surface area contributed by atoms with E-state index in [4.69, 9.17) is 16.3 Å². The highest BCUT2D eigenvalue weighted by molar-refractivity contribution is 7.89. The van der Waals surface area contributed by atoms with Crippen LogP contribution in [-0.2, 0) is 21.2 Å². The molecule has 2 aromatic carbocycles. The molecule has 1 fully saturated rings. The second-order valence-electron chi connectivity index (χ2n) is 7.44. The van der Waals surface area contributed by atoms with E-state index in [9.17, 15) is 13.2 Å². The Labute approximate surface area is 189 Å². The summed E-state index contributed by atoms with van der Waals surface area (Å²) in [7, 11) is -2.02. The molecular weight excluding hydrogens is 438 g/mol. The minimum atomic E-state index is -3.65. The number of methoxy groups -OCH3 is 1. The van der Waals surface area contributed by atoms with Crippen molar-refractivity contribution in [1.29, 1.82) is 0 Å². The molecule has 0 saturated carbocycles. The third-order valence-electron chi connectivity index (χ3n) is 5.53. The third-order valence-corrected chi connectivity index (χ3v) is 7.93. The molecule has 2 aromatic rings. The van der Waals surface area contributed by atoms with Gasteiger partial charge in [-0.05, 0) is 43.2 Å². The molecule has 1 N–H and O–H groups in total. The molecule has 1 atom stereocenters. The highest BCUT2D eigenvalue weighted by Gasteiger charge is 2.32. The van der Waals surface area contributed by atoms with E-state index >= 15 is 0 Å². The average molecular weight is 466 g/mol. The van der Waals surface area contributed by atoms with Gasteiger partial charge in [0.05, 0.1) is 18.2 Å². The van der Waals surface area contributed by atoms with E-state index in [0.717, 1.165) is 17.7 Å². The highest BCUT2D eigenvalue weighted by Crippen LogP contribution is 2.25. The smallest absolute Gasteiger partial charge is 0.244 e. The van der Waals surface area contributed by atoms with Crippen LogP contribution in [0.25, 0.3) is 0 Å². The number of benzene rings is 2. The molecule has 0 bridgehead atoms. The van der Waals surface area contributed by atoms with Crippen molar-refractivity contribution in [3.05, 3.63) is 59.1 Å². The number of amides is 1. The number of rotatable bonds is 8. The Morgan fingerprint density at radius 2 is 1.74 bits per heavy atom. The fraction of sp³-hybridized carbons (Fsp3) is 0.409. The molecule has 0 spiro atoms. The lowest BCUT2D eigenvalue weighted by Gasteiger charge is -2.36. The van der Waals surface area contributed by atoms with Gasteiger partial charge in [-0.2, -0.15) is 4.31 Å². The lowest BCUT2D eigenvalue weighted by Crippen LogP contribution is -2.55. The molecule has 1 amide bonds. The maximum Gasteiger partial charge on any atom is 0.244 e. The summed E-state index contributed by atoms with van der Waals surface area (Å²) in [5.41, 5.74) is 1.12. The molecule has 0 aliphatic carbocycles. The number of halogens is 1. The summed E-state index contributed by atoms with van der Waals surface area (Å²) in [5.74, 6) is 0.744. The lowest BCUT2D eigenvalue weighted by atomic mass is 10.1. The Balaban J connectivity index is 1.48. The van der Waals surface area contributed by atoms with Crippen LogP contribution in [0.2, 0.25) is 5.02 Å². The standard InChI is InChI=1S/C22H28ClN3O4S/c1-17(22(27)24-12-11-18-7-9-19(30-2)10-8-18)25-13-15-26(16-14-25)31(28,29)21-6-4-3-5-20(21)23/h3-10,17H,11-16H2,1-2H3,(H,24,27). The van der Waals surface area contributed by atoms with Crippen molar-refractivity contribution in [3.8, 4) is 5.75 Å². The molecule has 1 heterocycles. The number of nitrogens with one attached hydrogen (secondary N) is 1. The van der Waals surface area contributed by atoms with Gasteiger partial charge in [0, 0.05) is 32.7 Å². The van der Waals surface area contributed by atoms with Gasteiger partial charge >= 0.3 is 0 Å². The largest absolute Gasteiger partial charge is 0.497 e. The zero-order valence-corrected chi connectivity index (χ0v) is 19.3. The SMILES string of the molecule is COc1ccc(CCNC(=O)C(C)N2CCN(S(=O)(=O)c3ccccc3Cl)CC2)cc1. The van der Waals surface area contributed by atoms with Gasteiger partial charge in [-0.15, -0.1) is 0 Å². The van der Waals surface area contributed by atoms with Crippen molar-refractivity contribution in [3.63, 3.8) is 0 Å². The Morgan fingerprint density at radius 1 is 1.10 bits per heavy atom. The van der Waals surface area contributed by atoms with Crippen molar-refractivity contribution in [2.75, 3.05) is 39.8 Å². The normalized spacial score (nSPS) is 16.6. The van der Waals surface area contributed by atoms with E-state index in [1.807, 2.05) is 36.1 Å². The number of carbonyl (C=O) groups is 1. The molecule has 1 aliphatic rings. The number of hydrogen-bond donors (Lipinski definition) is 1. The average Bonchev–Trinajstić information content (AvgIpc) is 2.79. The minimum Gasteiger partial charge on any atom is -0.497 e. The Kier molecular flexibility index (Phi) is 7.94. The number of hydrogen-bond acceptors (Lipinski definition) is 5. The van der Waals surface area contributed by atoms with Crippen molar-refractivity contribution < 1.29 is 17.9 Å². The Morgan fingerprint density at radius 3 is 2.35 bits per heavy atom. The summed E-state index contributed by atoms with van der Waals surface area (Å²) in [4.78, 5) is 14.7. The maximum absolute atomic E-state index is 12.9. The van der Waals surface area contributed by atoms with Crippen LogP contribution in [0.1, 0.15) is 12.5 Å². The van der Waals surface area contributed by atoms with Gasteiger partial charge in [-0.25, -0.2) is 8.42 Å². The molecule has 1 unspecified atom stereocenters. The molecule has 0 aromatic heterocycles. The van der Waals surface area contributed by atoms with Crippen LogP contribution in [-0.4, -0.2) is 69.4 Å². The fourth-order valence-corrected chi connectivity index (χ4v) is 5.48. The van der Waals surface area contributed by atoms with Crippen molar-refractivity contribution in [1.82, 2.24) is 14.5 Å². The number of nitrogens with zero attached hydrogens (tertiary/aromatic N) is 2. The van der Waals surface area contributed by atoms with Crippen LogP contribution in [0.3, 0.4) is 0 Å². The summed E-state index contributed by atoms with van der Waals surface area (Å²) in [6.45, 7) is 3.98. The first-order valence-electron chi connectivity index (χ1n) is 10.2. The van der Waals surface area contributed by atoms with Crippen LogP contribution in [0.4, 0.5) is 0 Å². The molecule has 0 radical (unpaired) electrons. The van der Waals surface area contributed by atoms with E-state index in [2.05, 4.69) is 5.32 Å². The van der Waals surface area contributed by atoms with Gasteiger partial charge in [0.1, 0.15) is 10.6 Å². The topological polar surface area (TPSA) is 79.0 Å². The summed E-state index contributed by atoms with van der Waals surface area (Å²) in [5, 5.41) is 3.19. The monoisotopic (exact) mass is 465 g/mol. The number of carbonyl (C=O) groups excluding carboxylic acids is 1. The second kappa shape index (κ2) is 10.5. The summed E-state index contributed by atoms with van der Waals surface area (Å²) >= 11 is 6.08. The van der Waals surface area contributed by atoms with Gasteiger partial charge in [0.25, 0.3) is 0 Å². The first-order chi connectivity index (χ1) is 14.8. The molecular formula is C22H28ClN3O4S. The van der Waals surface area contributed by atoms with E-state index in [1.165, 1.54) is 10.4 Å². The summed E-state index contributed by atoms with van der Waals surface area (Å²) in [6.07, 6.45) is 0.728. The predicted octanol–water partition coefficient (Wildman–Crippen LogP) is 2.40. The van der Waals surface area contributed by atoms with E-state index in [-0.39, 0.29) is 21.9 Å². The van der Waals surface area contributed by atoms with Crippen LogP contribution in [0.15, 0.2) is 53.4 Å². The molecule has 1 aliphatic heterocycles. The summed E-state index contributed by atoms with van der Waals surface area (Å²) < 4.78 is 32.3. The van der Waals surface area contributed by atoms with Crippen molar-refractivity contribution in [2.24, 2.45) is 0 Å². The van der Waals surface area contributed by atoms with Crippen LogP contribution < -0.4 is 10.1 Å². The first-order valence-corrected chi connectivity index (χ1v) is 12.0. The van der Waals surface area contributed by atoms with Crippen molar-refractivity contribution in [2.45, 2.75) is 24.3 Å². The van der Waals surface area contributed by atoms with E-state index in [1.54, 1.807) is 25.3 Å². The van der Waals surface area contributed by atoms with Crippen LogP contribution >= 0.6 is 11.6 Å². The second-order valence-corrected chi connectivity index (χ2v) is 9.75. The van der Waals surface area contributed by atoms with E-state index < -0.39 is 10.0 Å². The predicted molar refractivity (Wildman–Crippen MR) is 121 cm³/mol. The fourth-order valence-electron chi connectivity index (χ4n) is 3.56. The number of ether oxygens (including phenoxy) is 1. The Hall–Kier alpha value is -2.13. The molecule has 31 heavy (non-hydrogen) atoms. The Bertz CT molecular complexity index is 990. The number of sulfonamides is 1. The molecule has 3 rings (SSSR count). The van der Waals surface area contributed by atoms with Crippen LogP contribution in [0.5, 0.6) is 5.75 Å². The molecule has 7 nitrogen and oxygen atoms in total. The highest BCUT2D eigenvalue weighted by atomic mass is 35.5. The van der Waals surface area contributed by atoms with Gasteiger partial charge in [0.2, 0.25) is 15.9 Å². The van der Waals surface area contributed by atoms with E-state index in [0.29, 0.717) is 32.7 Å². The zero-order chi connectivity index (χ0) is 22.4. The van der Waals surface area contributed by atoms with Gasteiger partial charge in [0.15, 0.2) is 0 Å².